The summed E-state index contributed by atoms with van der Waals surface area (Å²) in [6, 6.07) is 0. The van der Waals surface area contributed by atoms with Gasteiger partial charge < -0.3 is 20.1 Å². The van der Waals surface area contributed by atoms with Crippen molar-refractivity contribution in [3.8, 4) is 0 Å². The van der Waals surface area contributed by atoms with E-state index in [4.69, 9.17) is 4.74 Å². The lowest BCUT2D eigenvalue weighted by Gasteiger charge is -2.45. The molecule has 0 spiro atoms. The lowest BCUT2D eigenvalue weighted by molar-refractivity contribution is -0.170. The second kappa shape index (κ2) is 9.31. The van der Waals surface area contributed by atoms with Gasteiger partial charge in [-0.1, -0.05) is 38.2 Å². The summed E-state index contributed by atoms with van der Waals surface area (Å²) >= 11 is 0. The standard InChI is InChI=1S/C28H42O5/c1-17(12-22-15-27(3,32)16-26(31)33-22)23-9-10-24-19(6-5-11-28(23,24)4)7-8-20-13-21(29)14-25(30)18(20)2/h7-8,17,21-25,29-30,32H,2,5-6,9-16H2,1,3-4H3/b19-7-,20-8+/t17?,21-,22?,23-,24?,25+,27?,28-/m1/s1. The van der Waals surface area contributed by atoms with E-state index in [2.05, 4.69) is 32.6 Å². The van der Waals surface area contributed by atoms with Crippen LogP contribution in [0.4, 0.5) is 0 Å². The Hall–Kier alpha value is -1.43. The number of ether oxygens (including phenoxy) is 1. The highest BCUT2D eigenvalue weighted by molar-refractivity contribution is 5.71. The highest BCUT2D eigenvalue weighted by atomic mass is 16.5. The van der Waals surface area contributed by atoms with Gasteiger partial charge in [-0.05, 0) is 86.2 Å². The molecule has 1 aliphatic heterocycles. The Morgan fingerprint density at radius 1 is 1.24 bits per heavy atom. The van der Waals surface area contributed by atoms with Crippen molar-refractivity contribution in [1.82, 2.24) is 0 Å². The van der Waals surface area contributed by atoms with Crippen molar-refractivity contribution in [2.45, 2.75) is 109 Å². The van der Waals surface area contributed by atoms with Crippen molar-refractivity contribution >= 4 is 5.97 Å². The maximum Gasteiger partial charge on any atom is 0.308 e. The number of fused-ring (bicyclic) bond motifs is 1. The summed E-state index contributed by atoms with van der Waals surface area (Å²) < 4.78 is 5.61. The third-order valence-corrected chi connectivity index (χ3v) is 9.11. The summed E-state index contributed by atoms with van der Waals surface area (Å²) in [4.78, 5) is 12.0. The van der Waals surface area contributed by atoms with Gasteiger partial charge in [-0.15, -0.1) is 0 Å². The molecule has 0 aromatic rings. The molecule has 3 N–H and O–H groups in total. The molecule has 8 atom stereocenters. The highest BCUT2D eigenvalue weighted by Crippen LogP contribution is 2.60. The lowest BCUT2D eigenvalue weighted by Crippen LogP contribution is -2.43. The first-order valence-corrected chi connectivity index (χ1v) is 12.9. The van der Waals surface area contributed by atoms with Gasteiger partial charge in [-0.2, -0.15) is 0 Å². The van der Waals surface area contributed by atoms with Gasteiger partial charge in [0.25, 0.3) is 0 Å². The minimum Gasteiger partial charge on any atom is -0.462 e. The molecule has 0 radical (unpaired) electrons. The van der Waals surface area contributed by atoms with Crippen LogP contribution in [0.1, 0.15) is 85.0 Å². The summed E-state index contributed by atoms with van der Waals surface area (Å²) in [5, 5.41) is 30.7. The Labute approximate surface area is 198 Å². The number of hydrogen-bond acceptors (Lipinski definition) is 5. The van der Waals surface area contributed by atoms with E-state index in [-0.39, 0.29) is 23.9 Å². The fraction of sp³-hybridized carbons (Fsp3) is 0.750. The zero-order chi connectivity index (χ0) is 24.0. The van der Waals surface area contributed by atoms with E-state index in [1.165, 1.54) is 31.3 Å². The molecule has 4 aliphatic rings. The van der Waals surface area contributed by atoms with E-state index in [1.54, 1.807) is 6.92 Å². The summed E-state index contributed by atoms with van der Waals surface area (Å²) in [6.07, 6.45) is 11.2. The van der Waals surface area contributed by atoms with Crippen molar-refractivity contribution in [3.05, 3.63) is 35.5 Å². The lowest BCUT2D eigenvalue weighted by atomic mass is 9.60. The number of carbonyl (C=O) groups excluding carboxylic acids is 1. The molecule has 1 saturated heterocycles. The molecule has 5 heteroatoms. The van der Waals surface area contributed by atoms with Crippen LogP contribution in [0.25, 0.3) is 0 Å². The van der Waals surface area contributed by atoms with Crippen molar-refractivity contribution in [2.24, 2.45) is 23.2 Å². The molecule has 0 aromatic carbocycles. The number of rotatable bonds is 4. The maximum absolute atomic E-state index is 12.0. The average molecular weight is 459 g/mol. The number of cyclic esters (lactones) is 1. The predicted octanol–water partition coefficient (Wildman–Crippen LogP) is 4.61. The van der Waals surface area contributed by atoms with Gasteiger partial charge in [0.1, 0.15) is 6.10 Å². The van der Waals surface area contributed by atoms with Crippen molar-refractivity contribution in [2.75, 3.05) is 0 Å². The molecule has 4 unspecified atom stereocenters. The normalized spacial score (nSPS) is 45.2. The molecule has 33 heavy (non-hydrogen) atoms. The zero-order valence-corrected chi connectivity index (χ0v) is 20.6. The molecule has 1 heterocycles. The number of carbonyl (C=O) groups is 1. The SMILES string of the molecule is C=C1/C(=C/C=C2/CCC[C@@]3(C)C2CC[C@@H]3C(C)CC2CC(C)(O)CC(=O)O2)C[C@@H](O)C[C@@H]1O. The number of aliphatic hydroxyl groups is 3. The van der Waals surface area contributed by atoms with Crippen LogP contribution in [0.3, 0.4) is 0 Å². The van der Waals surface area contributed by atoms with Crippen LogP contribution in [0.5, 0.6) is 0 Å². The van der Waals surface area contributed by atoms with E-state index in [0.29, 0.717) is 37.0 Å². The van der Waals surface area contributed by atoms with Crippen LogP contribution in [-0.2, 0) is 9.53 Å². The molecular weight excluding hydrogens is 416 g/mol. The maximum atomic E-state index is 12.0. The summed E-state index contributed by atoms with van der Waals surface area (Å²) in [5.74, 6) is 1.25. The smallest absolute Gasteiger partial charge is 0.308 e. The van der Waals surface area contributed by atoms with Crippen LogP contribution in [0.2, 0.25) is 0 Å². The van der Waals surface area contributed by atoms with E-state index >= 15 is 0 Å². The van der Waals surface area contributed by atoms with Gasteiger partial charge in [-0.25, -0.2) is 0 Å². The quantitative estimate of drug-likeness (QED) is 0.536. The van der Waals surface area contributed by atoms with Crippen LogP contribution >= 0.6 is 0 Å². The Bertz CT molecular complexity index is 839. The van der Waals surface area contributed by atoms with Gasteiger partial charge in [-0.3, -0.25) is 4.79 Å². The summed E-state index contributed by atoms with van der Waals surface area (Å²) in [6.45, 7) is 10.5. The third-order valence-electron chi connectivity index (χ3n) is 9.11. The molecular formula is C28H42O5. The Morgan fingerprint density at radius 3 is 2.73 bits per heavy atom. The number of aliphatic hydroxyl groups excluding tert-OH is 2. The molecule has 4 fully saturated rings. The fourth-order valence-corrected chi connectivity index (χ4v) is 7.53. The van der Waals surface area contributed by atoms with Gasteiger partial charge in [0, 0.05) is 12.8 Å². The molecule has 184 valence electrons. The minimum atomic E-state index is -0.958. The topological polar surface area (TPSA) is 87.0 Å². The molecule has 5 nitrogen and oxygen atoms in total. The van der Waals surface area contributed by atoms with E-state index in [1.807, 2.05) is 0 Å². The largest absolute Gasteiger partial charge is 0.462 e. The highest BCUT2D eigenvalue weighted by Gasteiger charge is 2.51. The molecule has 3 aliphatic carbocycles. The van der Waals surface area contributed by atoms with Gasteiger partial charge in [0.15, 0.2) is 0 Å². The first-order chi connectivity index (χ1) is 15.5. The van der Waals surface area contributed by atoms with Crippen molar-refractivity contribution in [3.63, 3.8) is 0 Å². The number of esters is 1. The van der Waals surface area contributed by atoms with E-state index in [9.17, 15) is 20.1 Å². The molecule has 4 rings (SSSR count). The first-order valence-electron chi connectivity index (χ1n) is 12.9. The Morgan fingerprint density at radius 2 is 2.00 bits per heavy atom. The van der Waals surface area contributed by atoms with E-state index in [0.717, 1.165) is 24.0 Å². The summed E-state index contributed by atoms with van der Waals surface area (Å²) in [7, 11) is 0. The summed E-state index contributed by atoms with van der Waals surface area (Å²) in [5.41, 5.74) is 2.47. The molecule has 0 bridgehead atoms. The number of hydrogen-bond donors (Lipinski definition) is 3. The van der Waals surface area contributed by atoms with Gasteiger partial charge in [0.2, 0.25) is 0 Å². The fourth-order valence-electron chi connectivity index (χ4n) is 7.53. The molecule has 0 amide bonds. The predicted molar refractivity (Wildman–Crippen MR) is 128 cm³/mol. The zero-order valence-electron chi connectivity index (χ0n) is 20.6. The first kappa shape index (κ1) is 24.7. The van der Waals surface area contributed by atoms with Crippen LogP contribution < -0.4 is 0 Å². The third kappa shape index (κ3) is 5.16. The number of allylic oxidation sites excluding steroid dienone is 3. The van der Waals surface area contributed by atoms with Gasteiger partial charge in [0.05, 0.1) is 24.2 Å². The minimum absolute atomic E-state index is 0.0885. The van der Waals surface area contributed by atoms with Crippen LogP contribution in [0, 0.1) is 23.2 Å². The second-order valence-corrected chi connectivity index (χ2v) is 11.9. The Balaban J connectivity index is 1.47. The van der Waals surface area contributed by atoms with Crippen LogP contribution in [-0.4, -0.2) is 45.2 Å². The monoisotopic (exact) mass is 458 g/mol. The van der Waals surface area contributed by atoms with Crippen molar-refractivity contribution in [1.29, 1.82) is 0 Å². The second-order valence-electron chi connectivity index (χ2n) is 11.9. The Kier molecular flexibility index (Phi) is 6.97. The molecule has 3 saturated carbocycles. The van der Waals surface area contributed by atoms with Crippen molar-refractivity contribution < 1.29 is 24.9 Å². The average Bonchev–Trinajstić information content (AvgIpc) is 3.05. The van der Waals surface area contributed by atoms with E-state index < -0.39 is 17.8 Å². The molecule has 0 aromatic heterocycles. The van der Waals surface area contributed by atoms with Gasteiger partial charge >= 0.3 is 5.97 Å². The van der Waals surface area contributed by atoms with Crippen LogP contribution in [0.15, 0.2) is 35.5 Å².